The van der Waals surface area contributed by atoms with Gasteiger partial charge in [-0.25, -0.2) is 8.42 Å². The van der Waals surface area contributed by atoms with Gasteiger partial charge >= 0.3 is 0 Å². The Morgan fingerprint density at radius 1 is 1.37 bits per heavy atom. The summed E-state index contributed by atoms with van der Waals surface area (Å²) in [6.45, 7) is 4.09. The minimum absolute atomic E-state index is 0.00531. The minimum Gasteiger partial charge on any atom is -0.352 e. The van der Waals surface area contributed by atoms with Gasteiger partial charge in [-0.1, -0.05) is 0 Å². The molecule has 6 heteroatoms. The molecule has 1 amide bonds. The van der Waals surface area contributed by atoms with Crippen LogP contribution in [0.3, 0.4) is 0 Å². The molecule has 1 saturated carbocycles. The number of rotatable bonds is 4. The van der Waals surface area contributed by atoms with Crippen LogP contribution in [-0.2, 0) is 9.05 Å². The summed E-state index contributed by atoms with van der Waals surface area (Å²) in [5.41, 5.74) is 1.65. The molecule has 0 spiro atoms. The standard InChI is InChI=1S/C13H16ClNO3S/c1-8-5-11(13(16)15-7-10-3-4-10)6-12(9(8)2)19(14,17)18/h5-6,10H,3-4,7H2,1-2H3,(H,15,16). The predicted octanol–water partition coefficient (Wildman–Crippen LogP) is 2.37. The molecule has 0 radical (unpaired) electrons. The summed E-state index contributed by atoms with van der Waals surface area (Å²) in [4.78, 5) is 12.0. The fourth-order valence-electron chi connectivity index (χ4n) is 1.87. The van der Waals surface area contributed by atoms with Gasteiger partial charge in [-0.15, -0.1) is 0 Å². The second kappa shape index (κ2) is 5.13. The molecule has 0 atom stereocenters. The van der Waals surface area contributed by atoms with E-state index in [1.54, 1.807) is 19.9 Å². The topological polar surface area (TPSA) is 63.2 Å². The molecule has 1 fully saturated rings. The van der Waals surface area contributed by atoms with Crippen molar-refractivity contribution in [3.8, 4) is 0 Å². The van der Waals surface area contributed by atoms with E-state index in [1.807, 2.05) is 0 Å². The van der Waals surface area contributed by atoms with Crippen molar-refractivity contribution in [2.45, 2.75) is 31.6 Å². The molecule has 1 aliphatic rings. The highest BCUT2D eigenvalue weighted by Crippen LogP contribution is 2.28. The zero-order valence-electron chi connectivity index (χ0n) is 10.9. The molecule has 0 heterocycles. The number of amides is 1. The molecule has 0 saturated heterocycles. The molecule has 0 aromatic heterocycles. The predicted molar refractivity (Wildman–Crippen MR) is 74.0 cm³/mol. The van der Waals surface area contributed by atoms with Crippen LogP contribution in [0, 0.1) is 19.8 Å². The van der Waals surface area contributed by atoms with Crippen LogP contribution in [0.2, 0.25) is 0 Å². The van der Waals surface area contributed by atoms with Crippen LogP contribution in [0.5, 0.6) is 0 Å². The van der Waals surface area contributed by atoms with Crippen molar-refractivity contribution in [3.63, 3.8) is 0 Å². The van der Waals surface area contributed by atoms with E-state index in [-0.39, 0.29) is 10.8 Å². The molecule has 104 valence electrons. The Balaban J connectivity index is 2.30. The van der Waals surface area contributed by atoms with Crippen molar-refractivity contribution in [2.24, 2.45) is 5.92 Å². The number of nitrogens with one attached hydrogen (secondary N) is 1. The van der Waals surface area contributed by atoms with Gasteiger partial charge in [0.15, 0.2) is 0 Å². The molecular formula is C13H16ClNO3S. The summed E-state index contributed by atoms with van der Waals surface area (Å²) >= 11 is 0. The largest absolute Gasteiger partial charge is 0.352 e. The van der Waals surface area contributed by atoms with E-state index in [0.717, 1.165) is 18.4 Å². The van der Waals surface area contributed by atoms with E-state index in [2.05, 4.69) is 5.32 Å². The SMILES string of the molecule is Cc1cc(C(=O)NCC2CC2)cc(S(=O)(=O)Cl)c1C. The highest BCUT2D eigenvalue weighted by Gasteiger charge is 2.23. The van der Waals surface area contributed by atoms with Crippen LogP contribution in [-0.4, -0.2) is 20.9 Å². The van der Waals surface area contributed by atoms with Crippen LogP contribution in [0.25, 0.3) is 0 Å². The first-order valence-electron chi connectivity index (χ1n) is 6.13. The maximum absolute atomic E-state index is 12.0. The molecule has 19 heavy (non-hydrogen) atoms. The van der Waals surface area contributed by atoms with Crippen LogP contribution in [0.4, 0.5) is 0 Å². The van der Waals surface area contributed by atoms with Gasteiger partial charge in [0.25, 0.3) is 15.0 Å². The average molecular weight is 302 g/mol. The van der Waals surface area contributed by atoms with Gasteiger partial charge in [0, 0.05) is 22.8 Å². The quantitative estimate of drug-likeness (QED) is 0.868. The van der Waals surface area contributed by atoms with Gasteiger partial charge in [-0.05, 0) is 55.9 Å². The monoisotopic (exact) mass is 301 g/mol. The van der Waals surface area contributed by atoms with Crippen LogP contribution in [0.1, 0.15) is 34.3 Å². The number of hydrogen-bond donors (Lipinski definition) is 1. The highest BCUT2D eigenvalue weighted by atomic mass is 35.7. The Labute approximate surface area is 117 Å². The van der Waals surface area contributed by atoms with E-state index in [4.69, 9.17) is 10.7 Å². The number of hydrogen-bond acceptors (Lipinski definition) is 3. The molecule has 0 unspecified atom stereocenters. The van der Waals surface area contributed by atoms with Crippen molar-refractivity contribution >= 4 is 25.6 Å². The van der Waals surface area contributed by atoms with Crippen LogP contribution in [0.15, 0.2) is 17.0 Å². The van der Waals surface area contributed by atoms with E-state index < -0.39 is 9.05 Å². The summed E-state index contributed by atoms with van der Waals surface area (Å²) in [7, 11) is 1.55. The molecular weight excluding hydrogens is 286 g/mol. The fraction of sp³-hybridized carbons (Fsp3) is 0.462. The van der Waals surface area contributed by atoms with E-state index in [0.29, 0.717) is 23.6 Å². The third-order valence-electron chi connectivity index (χ3n) is 3.39. The summed E-state index contributed by atoms with van der Waals surface area (Å²) in [6.07, 6.45) is 2.29. The van der Waals surface area contributed by atoms with Crippen molar-refractivity contribution in [2.75, 3.05) is 6.54 Å². The summed E-state index contributed by atoms with van der Waals surface area (Å²) in [5, 5.41) is 2.81. The van der Waals surface area contributed by atoms with Gasteiger partial charge in [0.1, 0.15) is 0 Å². The fourth-order valence-corrected chi connectivity index (χ4v) is 3.15. The number of benzene rings is 1. The lowest BCUT2D eigenvalue weighted by molar-refractivity contribution is 0.0951. The lowest BCUT2D eigenvalue weighted by atomic mass is 10.1. The Morgan fingerprint density at radius 3 is 2.53 bits per heavy atom. The maximum atomic E-state index is 12.0. The van der Waals surface area contributed by atoms with Gasteiger partial charge in [0.05, 0.1) is 4.90 Å². The summed E-state index contributed by atoms with van der Waals surface area (Å²) in [5.74, 6) is 0.322. The first-order valence-corrected chi connectivity index (χ1v) is 8.44. The normalized spacial score (nSPS) is 15.3. The molecule has 1 aromatic rings. The summed E-state index contributed by atoms with van der Waals surface area (Å²) in [6, 6.07) is 3.02. The average Bonchev–Trinajstić information content (AvgIpc) is 3.11. The lowest BCUT2D eigenvalue weighted by Gasteiger charge is -2.10. The molecule has 4 nitrogen and oxygen atoms in total. The zero-order chi connectivity index (χ0) is 14.2. The molecule has 1 N–H and O–H groups in total. The second-order valence-corrected chi connectivity index (χ2v) is 7.54. The van der Waals surface area contributed by atoms with Gasteiger partial charge < -0.3 is 5.32 Å². The van der Waals surface area contributed by atoms with Crippen molar-refractivity contribution < 1.29 is 13.2 Å². The third-order valence-corrected chi connectivity index (χ3v) is 4.84. The Kier molecular flexibility index (Phi) is 3.87. The van der Waals surface area contributed by atoms with Gasteiger partial charge in [0.2, 0.25) is 0 Å². The van der Waals surface area contributed by atoms with E-state index >= 15 is 0 Å². The van der Waals surface area contributed by atoms with Gasteiger partial charge in [-0.3, -0.25) is 4.79 Å². The second-order valence-electron chi connectivity index (χ2n) is 5.01. The maximum Gasteiger partial charge on any atom is 0.261 e. The number of aryl methyl sites for hydroxylation is 1. The number of carbonyl (C=O) groups is 1. The van der Waals surface area contributed by atoms with E-state index in [9.17, 15) is 13.2 Å². The molecule has 0 bridgehead atoms. The lowest BCUT2D eigenvalue weighted by Crippen LogP contribution is -2.25. The Bertz CT molecular complexity index is 621. The minimum atomic E-state index is -3.84. The smallest absolute Gasteiger partial charge is 0.261 e. The first-order chi connectivity index (χ1) is 8.79. The van der Waals surface area contributed by atoms with Crippen LogP contribution < -0.4 is 5.32 Å². The third kappa shape index (κ3) is 3.48. The molecule has 2 rings (SSSR count). The Morgan fingerprint density at radius 2 is 2.00 bits per heavy atom. The summed E-state index contributed by atoms with van der Waals surface area (Å²) < 4.78 is 23.0. The molecule has 0 aliphatic heterocycles. The van der Waals surface area contributed by atoms with Crippen molar-refractivity contribution in [1.82, 2.24) is 5.32 Å². The molecule has 1 aromatic carbocycles. The molecule has 1 aliphatic carbocycles. The number of carbonyl (C=O) groups excluding carboxylic acids is 1. The zero-order valence-corrected chi connectivity index (χ0v) is 12.4. The van der Waals surface area contributed by atoms with Crippen molar-refractivity contribution in [1.29, 1.82) is 0 Å². The van der Waals surface area contributed by atoms with Gasteiger partial charge in [-0.2, -0.15) is 0 Å². The Hall–Kier alpha value is -1.07. The number of halogens is 1. The van der Waals surface area contributed by atoms with Crippen LogP contribution >= 0.6 is 10.7 Å². The van der Waals surface area contributed by atoms with Crippen molar-refractivity contribution in [3.05, 3.63) is 28.8 Å². The first kappa shape index (κ1) is 14.3. The van der Waals surface area contributed by atoms with E-state index in [1.165, 1.54) is 6.07 Å². The highest BCUT2D eigenvalue weighted by molar-refractivity contribution is 8.13.